The molecule has 3 heterocycles. The summed E-state index contributed by atoms with van der Waals surface area (Å²) < 4.78 is 16.8. The molecular weight excluding hydrogens is 406 g/mol. The fourth-order valence-electron chi connectivity index (χ4n) is 4.98. The summed E-state index contributed by atoms with van der Waals surface area (Å²) in [4.78, 5) is 22.3. The first kappa shape index (κ1) is 20.7. The lowest BCUT2D eigenvalue weighted by Gasteiger charge is -2.34. The van der Waals surface area contributed by atoms with Crippen LogP contribution in [-0.2, 0) is 4.79 Å². The monoisotopic (exact) mass is 435 g/mol. The molecule has 0 aliphatic carbocycles. The third kappa shape index (κ3) is 3.76. The number of rotatable bonds is 5. The van der Waals surface area contributed by atoms with Crippen LogP contribution in [0.4, 0.5) is 6.01 Å². The minimum atomic E-state index is 0.0383. The summed E-state index contributed by atoms with van der Waals surface area (Å²) in [6.45, 7) is 2.36. The van der Waals surface area contributed by atoms with E-state index in [2.05, 4.69) is 14.8 Å². The quantitative estimate of drug-likeness (QED) is 0.591. The number of carbonyl (C=O) groups excluding carboxylic acids is 1. The highest BCUT2D eigenvalue weighted by Crippen LogP contribution is 2.38. The van der Waals surface area contributed by atoms with Gasteiger partial charge in [-0.25, -0.2) is 0 Å². The van der Waals surface area contributed by atoms with Crippen LogP contribution in [0, 0.1) is 5.92 Å². The molecule has 0 saturated carbocycles. The highest BCUT2D eigenvalue weighted by atomic mass is 16.5. The van der Waals surface area contributed by atoms with Gasteiger partial charge in [0.1, 0.15) is 5.52 Å². The van der Waals surface area contributed by atoms with E-state index in [4.69, 9.17) is 13.9 Å². The van der Waals surface area contributed by atoms with Gasteiger partial charge < -0.3 is 23.7 Å². The number of piperidine rings is 1. The topological polar surface area (TPSA) is 68.0 Å². The Balaban J connectivity index is 1.26. The van der Waals surface area contributed by atoms with Crippen LogP contribution in [0.1, 0.15) is 37.3 Å². The molecule has 0 N–H and O–H groups in total. The number of amides is 1. The van der Waals surface area contributed by atoms with Crippen molar-refractivity contribution in [3.05, 3.63) is 48.0 Å². The molecule has 0 spiro atoms. The molecule has 3 aromatic rings. The largest absolute Gasteiger partial charge is 0.493 e. The Labute approximate surface area is 187 Å². The van der Waals surface area contributed by atoms with Crippen molar-refractivity contribution in [2.75, 3.05) is 38.8 Å². The molecule has 2 aliphatic heterocycles. The Kier molecular flexibility index (Phi) is 5.64. The number of methoxy groups -OCH3 is 2. The van der Waals surface area contributed by atoms with Crippen molar-refractivity contribution in [1.29, 1.82) is 0 Å². The highest BCUT2D eigenvalue weighted by Gasteiger charge is 2.36. The number of fused-ring (bicyclic) bond motifs is 1. The lowest BCUT2D eigenvalue weighted by Crippen LogP contribution is -2.42. The summed E-state index contributed by atoms with van der Waals surface area (Å²) >= 11 is 0. The number of benzene rings is 2. The van der Waals surface area contributed by atoms with Gasteiger partial charge in [-0.3, -0.25) is 4.79 Å². The zero-order valence-corrected chi connectivity index (χ0v) is 18.6. The van der Waals surface area contributed by atoms with Crippen molar-refractivity contribution < 1.29 is 18.7 Å². The second-order valence-electron chi connectivity index (χ2n) is 8.53. The Bertz CT molecular complexity index is 1070. The minimum absolute atomic E-state index is 0.0383. The molecular formula is C25H29N3O4. The number of likely N-dealkylation sites (tertiary alicyclic amines) is 1. The molecule has 1 amide bonds. The van der Waals surface area contributed by atoms with Crippen molar-refractivity contribution in [1.82, 2.24) is 9.88 Å². The van der Waals surface area contributed by atoms with E-state index in [-0.39, 0.29) is 17.9 Å². The van der Waals surface area contributed by atoms with Gasteiger partial charge in [0.2, 0.25) is 5.91 Å². The van der Waals surface area contributed by atoms with Gasteiger partial charge in [-0.05, 0) is 55.5 Å². The molecule has 1 atom stereocenters. The first-order valence-corrected chi connectivity index (χ1v) is 11.3. The molecule has 7 nitrogen and oxygen atoms in total. The minimum Gasteiger partial charge on any atom is -0.493 e. The first-order chi connectivity index (χ1) is 15.7. The van der Waals surface area contributed by atoms with Gasteiger partial charge >= 0.3 is 0 Å². The fraction of sp³-hybridized carbons (Fsp3) is 0.440. The van der Waals surface area contributed by atoms with Crippen LogP contribution in [0.15, 0.2) is 46.9 Å². The Hall–Kier alpha value is -3.22. The third-order valence-corrected chi connectivity index (χ3v) is 6.73. The predicted octanol–water partition coefficient (Wildman–Crippen LogP) is 4.43. The first-order valence-electron chi connectivity index (χ1n) is 11.3. The van der Waals surface area contributed by atoms with E-state index in [1.165, 1.54) is 0 Å². The normalized spacial score (nSPS) is 19.5. The molecule has 5 rings (SSSR count). The molecule has 2 aliphatic rings. The van der Waals surface area contributed by atoms with Crippen molar-refractivity contribution in [2.24, 2.45) is 5.92 Å². The maximum absolute atomic E-state index is 13.5. The maximum Gasteiger partial charge on any atom is 0.298 e. The molecule has 0 bridgehead atoms. The predicted molar refractivity (Wildman–Crippen MR) is 122 cm³/mol. The zero-order chi connectivity index (χ0) is 22.1. The number of nitrogens with zero attached hydrogens (tertiary/aromatic N) is 3. The van der Waals surface area contributed by atoms with Gasteiger partial charge in [0.15, 0.2) is 17.1 Å². The molecule has 2 fully saturated rings. The molecule has 7 heteroatoms. The van der Waals surface area contributed by atoms with E-state index >= 15 is 0 Å². The Morgan fingerprint density at radius 3 is 2.53 bits per heavy atom. The molecule has 32 heavy (non-hydrogen) atoms. The summed E-state index contributed by atoms with van der Waals surface area (Å²) in [7, 11) is 3.28. The van der Waals surface area contributed by atoms with Gasteiger partial charge in [-0.15, -0.1) is 0 Å². The molecule has 1 aromatic heterocycles. The van der Waals surface area contributed by atoms with Crippen LogP contribution in [0.3, 0.4) is 0 Å². The molecule has 168 valence electrons. The van der Waals surface area contributed by atoms with Crippen LogP contribution in [0.5, 0.6) is 11.5 Å². The summed E-state index contributed by atoms with van der Waals surface area (Å²) in [6.07, 6.45) is 3.62. The van der Waals surface area contributed by atoms with E-state index < -0.39 is 0 Å². The van der Waals surface area contributed by atoms with E-state index in [1.807, 2.05) is 42.5 Å². The van der Waals surface area contributed by atoms with Crippen molar-refractivity contribution in [2.45, 2.75) is 31.7 Å². The van der Waals surface area contributed by atoms with Gasteiger partial charge in [0, 0.05) is 25.6 Å². The number of para-hydroxylation sites is 2. The van der Waals surface area contributed by atoms with Crippen LogP contribution in [0.2, 0.25) is 0 Å². The highest BCUT2D eigenvalue weighted by molar-refractivity contribution is 5.80. The smallest absolute Gasteiger partial charge is 0.298 e. The Morgan fingerprint density at radius 2 is 1.78 bits per heavy atom. The lowest BCUT2D eigenvalue weighted by atomic mass is 9.94. The van der Waals surface area contributed by atoms with Gasteiger partial charge in [-0.1, -0.05) is 18.2 Å². The number of anilines is 1. The average molecular weight is 436 g/mol. The van der Waals surface area contributed by atoms with Crippen molar-refractivity contribution in [3.8, 4) is 11.5 Å². The maximum atomic E-state index is 13.5. The van der Waals surface area contributed by atoms with E-state index in [1.54, 1.807) is 14.2 Å². The standard InChI is InChI=1S/C25H29N3O4/c1-30-22-10-9-18(16-23(22)31-2)20-7-5-13-28(20)24(29)17-11-14-27(15-12-17)25-26-19-6-3-4-8-21(19)32-25/h3-4,6,8-10,16-17,20H,5,7,11-15H2,1-2H3/t20-/m1/s1. The lowest BCUT2D eigenvalue weighted by molar-refractivity contribution is -0.137. The van der Waals surface area contributed by atoms with Crippen molar-refractivity contribution in [3.63, 3.8) is 0 Å². The fourth-order valence-corrected chi connectivity index (χ4v) is 4.98. The molecule has 2 aromatic carbocycles. The average Bonchev–Trinajstić information content (AvgIpc) is 3.50. The van der Waals surface area contributed by atoms with Crippen LogP contribution >= 0.6 is 0 Å². The van der Waals surface area contributed by atoms with Crippen LogP contribution in [-0.4, -0.2) is 49.6 Å². The van der Waals surface area contributed by atoms with Crippen LogP contribution < -0.4 is 14.4 Å². The summed E-state index contributed by atoms with van der Waals surface area (Å²) in [5.74, 6) is 1.71. The SMILES string of the molecule is COc1ccc([C@H]2CCCN2C(=O)C2CCN(c3nc4ccccc4o3)CC2)cc1OC. The zero-order valence-electron chi connectivity index (χ0n) is 18.6. The second kappa shape index (κ2) is 8.73. The van der Waals surface area contributed by atoms with Gasteiger partial charge in [0.05, 0.1) is 20.3 Å². The van der Waals surface area contributed by atoms with E-state index in [9.17, 15) is 4.79 Å². The van der Waals surface area contributed by atoms with E-state index in [0.29, 0.717) is 17.5 Å². The van der Waals surface area contributed by atoms with Crippen LogP contribution in [0.25, 0.3) is 11.1 Å². The molecule has 0 radical (unpaired) electrons. The number of carbonyl (C=O) groups is 1. The molecule has 2 saturated heterocycles. The summed E-state index contributed by atoms with van der Waals surface area (Å²) in [5, 5.41) is 0. The Morgan fingerprint density at radius 1 is 1.00 bits per heavy atom. The van der Waals surface area contributed by atoms with E-state index in [0.717, 1.165) is 62.0 Å². The third-order valence-electron chi connectivity index (χ3n) is 6.73. The number of aromatic nitrogens is 1. The summed E-state index contributed by atoms with van der Waals surface area (Å²) in [6, 6.07) is 14.5. The number of hydrogen-bond donors (Lipinski definition) is 0. The van der Waals surface area contributed by atoms with Gasteiger partial charge in [0.25, 0.3) is 6.01 Å². The number of ether oxygens (including phenoxy) is 2. The number of oxazole rings is 1. The van der Waals surface area contributed by atoms with Crippen molar-refractivity contribution >= 4 is 23.0 Å². The van der Waals surface area contributed by atoms with Gasteiger partial charge in [-0.2, -0.15) is 4.98 Å². The number of hydrogen-bond acceptors (Lipinski definition) is 6. The molecule has 0 unspecified atom stereocenters. The second-order valence-corrected chi connectivity index (χ2v) is 8.53. The summed E-state index contributed by atoms with van der Waals surface area (Å²) in [5.41, 5.74) is 2.78.